The van der Waals surface area contributed by atoms with E-state index < -0.39 is 11.5 Å². The lowest BCUT2D eigenvalue weighted by atomic mass is 10.0. The minimum absolute atomic E-state index is 0.0697. The number of carbonyl (C=O) groups excluding carboxylic acids is 1. The minimum Gasteiger partial charge on any atom is -0.375 e. The fourth-order valence-corrected chi connectivity index (χ4v) is 2.66. The van der Waals surface area contributed by atoms with Crippen LogP contribution in [-0.2, 0) is 4.74 Å². The number of carbonyl (C=O) groups is 1. The molecule has 1 amide bonds. The molecule has 0 radical (unpaired) electrons. The normalized spacial score (nSPS) is 13.4. The van der Waals surface area contributed by atoms with E-state index in [2.05, 4.69) is 15.5 Å². The van der Waals surface area contributed by atoms with Crippen LogP contribution in [0.15, 0.2) is 29.1 Å². The van der Waals surface area contributed by atoms with Crippen LogP contribution in [0.25, 0.3) is 0 Å². The molecular weight excluding hydrogens is 330 g/mol. The predicted molar refractivity (Wildman–Crippen MR) is 92.5 cm³/mol. The molecule has 0 aliphatic heterocycles. The Labute approximate surface area is 145 Å². The zero-order chi connectivity index (χ0) is 17.9. The van der Waals surface area contributed by atoms with Gasteiger partial charge in [0.1, 0.15) is 11.7 Å². The van der Waals surface area contributed by atoms with E-state index >= 15 is 0 Å². The fraction of sp³-hybridized carbons (Fsp3) is 0.353. The van der Waals surface area contributed by atoms with Crippen molar-refractivity contribution in [1.29, 1.82) is 0 Å². The molecule has 2 aromatic rings. The van der Waals surface area contributed by atoms with Gasteiger partial charge in [0.25, 0.3) is 11.5 Å². The number of aryl methyl sites for hydroxylation is 1. The first-order chi connectivity index (χ1) is 11.3. The van der Waals surface area contributed by atoms with Gasteiger partial charge in [0.05, 0.1) is 11.7 Å². The molecule has 0 fully saturated rings. The highest BCUT2D eigenvalue weighted by atomic mass is 35.5. The van der Waals surface area contributed by atoms with Crippen molar-refractivity contribution in [2.45, 2.75) is 32.9 Å². The smallest absolute Gasteiger partial charge is 0.277 e. The first-order valence-corrected chi connectivity index (χ1v) is 7.88. The van der Waals surface area contributed by atoms with Gasteiger partial charge < -0.3 is 10.1 Å². The Balaban J connectivity index is 2.23. The lowest BCUT2D eigenvalue weighted by Crippen LogP contribution is -2.40. The van der Waals surface area contributed by atoms with Crippen molar-refractivity contribution in [2.75, 3.05) is 7.11 Å². The van der Waals surface area contributed by atoms with Crippen LogP contribution < -0.4 is 10.9 Å². The number of halogens is 1. The second-order valence-corrected chi connectivity index (χ2v) is 6.04. The van der Waals surface area contributed by atoms with Gasteiger partial charge in [-0.2, -0.15) is 5.10 Å². The Morgan fingerprint density at radius 1 is 1.29 bits per heavy atom. The summed E-state index contributed by atoms with van der Waals surface area (Å²) in [6.07, 6.45) is -0.367. The Bertz CT molecular complexity index is 787. The third-order valence-corrected chi connectivity index (χ3v) is 4.21. The van der Waals surface area contributed by atoms with E-state index in [0.29, 0.717) is 16.3 Å². The van der Waals surface area contributed by atoms with Gasteiger partial charge in [-0.1, -0.05) is 23.7 Å². The van der Waals surface area contributed by atoms with Gasteiger partial charge in [0.2, 0.25) is 0 Å². The molecule has 0 bridgehead atoms. The van der Waals surface area contributed by atoms with Gasteiger partial charge >= 0.3 is 0 Å². The lowest BCUT2D eigenvalue weighted by Gasteiger charge is -2.24. The summed E-state index contributed by atoms with van der Waals surface area (Å²) in [6, 6.07) is 6.86. The van der Waals surface area contributed by atoms with E-state index in [1.54, 1.807) is 33.1 Å². The highest BCUT2D eigenvalue weighted by Crippen LogP contribution is 2.22. The number of methoxy groups -OCH3 is 1. The summed E-state index contributed by atoms with van der Waals surface area (Å²) in [5, 5.41) is 9.63. The SMILES string of the molecule is CO[C@@H](c1ccc(Cl)cc1)[C@@H](C)NC(=O)c1c(C)c(C)n[nH]c1=O. The number of aromatic nitrogens is 2. The molecule has 0 spiro atoms. The Morgan fingerprint density at radius 3 is 2.50 bits per heavy atom. The van der Waals surface area contributed by atoms with Crippen molar-refractivity contribution in [3.63, 3.8) is 0 Å². The van der Waals surface area contributed by atoms with E-state index in [4.69, 9.17) is 16.3 Å². The molecule has 0 aliphatic carbocycles. The summed E-state index contributed by atoms with van der Waals surface area (Å²) in [7, 11) is 1.57. The molecule has 0 aliphatic rings. The summed E-state index contributed by atoms with van der Waals surface area (Å²) in [5.74, 6) is -0.456. The number of benzene rings is 1. The number of nitrogens with zero attached hydrogens (tertiary/aromatic N) is 1. The van der Waals surface area contributed by atoms with Crippen LogP contribution in [0.1, 0.15) is 40.2 Å². The zero-order valence-electron chi connectivity index (χ0n) is 14.0. The van der Waals surface area contributed by atoms with Gasteiger partial charge in [-0.15, -0.1) is 0 Å². The molecule has 0 saturated carbocycles. The highest BCUT2D eigenvalue weighted by Gasteiger charge is 2.24. The molecule has 1 aromatic heterocycles. The standard InChI is InChI=1S/C17H20ClN3O3/c1-9-10(2)20-21-17(23)14(9)16(22)19-11(3)15(24-4)12-5-7-13(18)8-6-12/h5-8,11,15H,1-4H3,(H,19,22)(H,21,23)/t11-,15-/m1/s1. The van der Waals surface area contributed by atoms with Crippen molar-refractivity contribution in [3.05, 3.63) is 62.0 Å². The summed E-state index contributed by atoms with van der Waals surface area (Å²) in [5.41, 5.74) is 1.60. The summed E-state index contributed by atoms with van der Waals surface area (Å²) >= 11 is 5.90. The molecule has 2 rings (SSSR count). The molecule has 2 N–H and O–H groups in total. The van der Waals surface area contributed by atoms with Crippen molar-refractivity contribution >= 4 is 17.5 Å². The molecule has 128 valence electrons. The molecule has 24 heavy (non-hydrogen) atoms. The number of hydrogen-bond acceptors (Lipinski definition) is 4. The molecule has 0 unspecified atom stereocenters. The first kappa shape index (κ1) is 18.2. The molecular formula is C17H20ClN3O3. The number of H-pyrrole nitrogens is 1. The average Bonchev–Trinajstić information content (AvgIpc) is 2.54. The Morgan fingerprint density at radius 2 is 1.92 bits per heavy atom. The second-order valence-electron chi connectivity index (χ2n) is 5.61. The summed E-state index contributed by atoms with van der Waals surface area (Å²) < 4.78 is 5.50. The van der Waals surface area contributed by atoms with Crippen LogP contribution in [0.5, 0.6) is 0 Å². The molecule has 2 atom stereocenters. The molecule has 7 heteroatoms. The Kier molecular flexibility index (Phi) is 5.75. The molecule has 0 saturated heterocycles. The number of amides is 1. The van der Waals surface area contributed by atoms with Crippen LogP contribution in [-0.4, -0.2) is 29.3 Å². The summed E-state index contributed by atoms with van der Waals surface area (Å²) in [6.45, 7) is 5.25. The maximum Gasteiger partial charge on any atom is 0.277 e. The Hall–Kier alpha value is -2.18. The van der Waals surface area contributed by atoms with Gasteiger partial charge in [0.15, 0.2) is 0 Å². The van der Waals surface area contributed by atoms with Crippen molar-refractivity contribution in [1.82, 2.24) is 15.5 Å². The lowest BCUT2D eigenvalue weighted by molar-refractivity contribution is 0.0643. The van der Waals surface area contributed by atoms with Crippen molar-refractivity contribution in [3.8, 4) is 0 Å². The van der Waals surface area contributed by atoms with E-state index in [1.165, 1.54) is 0 Å². The third-order valence-electron chi connectivity index (χ3n) is 3.96. The van der Waals surface area contributed by atoms with Gasteiger partial charge in [0, 0.05) is 12.1 Å². The van der Waals surface area contributed by atoms with Gasteiger partial charge in [-0.3, -0.25) is 9.59 Å². The van der Waals surface area contributed by atoms with E-state index in [-0.39, 0.29) is 17.7 Å². The topological polar surface area (TPSA) is 84.1 Å². The van der Waals surface area contributed by atoms with Crippen LogP contribution in [0, 0.1) is 13.8 Å². The van der Waals surface area contributed by atoms with E-state index in [1.807, 2.05) is 19.1 Å². The number of nitrogens with one attached hydrogen (secondary N) is 2. The number of aromatic amines is 1. The maximum absolute atomic E-state index is 12.5. The van der Waals surface area contributed by atoms with E-state index in [0.717, 1.165) is 5.56 Å². The highest BCUT2D eigenvalue weighted by molar-refractivity contribution is 6.30. The summed E-state index contributed by atoms with van der Waals surface area (Å²) in [4.78, 5) is 24.5. The van der Waals surface area contributed by atoms with Crippen LogP contribution in [0.3, 0.4) is 0 Å². The maximum atomic E-state index is 12.5. The monoisotopic (exact) mass is 349 g/mol. The largest absolute Gasteiger partial charge is 0.375 e. The van der Waals surface area contributed by atoms with Gasteiger partial charge in [-0.25, -0.2) is 5.10 Å². The fourth-order valence-electron chi connectivity index (χ4n) is 2.53. The molecule has 1 aromatic carbocycles. The van der Waals surface area contributed by atoms with Gasteiger partial charge in [-0.05, 0) is 44.0 Å². The number of rotatable bonds is 5. The number of hydrogen-bond donors (Lipinski definition) is 2. The van der Waals surface area contributed by atoms with Crippen LogP contribution in [0.4, 0.5) is 0 Å². The quantitative estimate of drug-likeness (QED) is 0.868. The number of ether oxygens (including phenoxy) is 1. The van der Waals surface area contributed by atoms with E-state index in [9.17, 15) is 9.59 Å². The van der Waals surface area contributed by atoms with Crippen molar-refractivity contribution in [2.24, 2.45) is 0 Å². The zero-order valence-corrected chi connectivity index (χ0v) is 14.8. The third kappa shape index (κ3) is 3.83. The first-order valence-electron chi connectivity index (χ1n) is 7.50. The molecule has 6 nitrogen and oxygen atoms in total. The minimum atomic E-state index is -0.511. The molecule has 1 heterocycles. The van der Waals surface area contributed by atoms with Crippen molar-refractivity contribution < 1.29 is 9.53 Å². The average molecular weight is 350 g/mol. The second kappa shape index (κ2) is 7.59. The van der Waals surface area contributed by atoms with Crippen LogP contribution >= 0.6 is 11.6 Å². The van der Waals surface area contributed by atoms with Crippen LogP contribution in [0.2, 0.25) is 5.02 Å². The predicted octanol–water partition coefficient (Wildman–Crippen LogP) is 2.55.